The van der Waals surface area contributed by atoms with Gasteiger partial charge >= 0.3 is 12.2 Å². The van der Waals surface area contributed by atoms with E-state index in [4.69, 9.17) is 14.5 Å². The van der Waals surface area contributed by atoms with Crippen molar-refractivity contribution in [2.24, 2.45) is 10.8 Å². The fourth-order valence-electron chi connectivity index (χ4n) is 5.86. The van der Waals surface area contributed by atoms with Crippen molar-refractivity contribution >= 4 is 34.0 Å². The molecular formula is C40H52N6O4. The molecule has 0 fully saturated rings. The van der Waals surface area contributed by atoms with Gasteiger partial charge in [-0.05, 0) is 86.6 Å². The molecular weight excluding hydrogens is 628 g/mol. The standard InChI is InChI=1S/C40H52N6O4/c1-37(2,3)31(45-35(47)49-39(7,8)9)33-41-22-29(43-33)24-15-13-23(14-16-24)25-17-19-27-26(21-25)18-20-28-30(27)44-34(42-28)32(38(4,5)6)46-36(48)50-40(10,11)12/h13-22,31-32H,1-12H3,(H,41,43)(H,42,44)(H,45,47)(H,46,48)/t31-,32-/m1/s1. The molecule has 10 heteroatoms. The molecule has 3 aromatic carbocycles. The monoisotopic (exact) mass is 680 g/mol. The molecule has 0 saturated carbocycles. The van der Waals surface area contributed by atoms with Crippen LogP contribution in [0, 0.1) is 10.8 Å². The van der Waals surface area contributed by atoms with Crippen LogP contribution in [-0.2, 0) is 9.47 Å². The minimum Gasteiger partial charge on any atom is -0.444 e. The highest BCUT2D eigenvalue weighted by atomic mass is 16.6. The zero-order valence-corrected chi connectivity index (χ0v) is 31.5. The minimum absolute atomic E-state index is 0.305. The number of aromatic nitrogens is 4. The maximum atomic E-state index is 12.7. The third-order valence-corrected chi connectivity index (χ3v) is 8.22. The predicted molar refractivity (Wildman–Crippen MR) is 200 cm³/mol. The Morgan fingerprint density at radius 2 is 1.16 bits per heavy atom. The summed E-state index contributed by atoms with van der Waals surface area (Å²) < 4.78 is 11.1. The summed E-state index contributed by atoms with van der Waals surface area (Å²) in [5.74, 6) is 1.35. The fourth-order valence-corrected chi connectivity index (χ4v) is 5.86. The van der Waals surface area contributed by atoms with E-state index in [1.54, 1.807) is 6.20 Å². The van der Waals surface area contributed by atoms with Crippen LogP contribution in [0.5, 0.6) is 0 Å². The molecule has 5 aromatic rings. The molecule has 0 bridgehead atoms. The van der Waals surface area contributed by atoms with Crippen LogP contribution < -0.4 is 10.6 Å². The molecule has 5 rings (SSSR count). The Labute approximate surface area is 295 Å². The van der Waals surface area contributed by atoms with Crippen LogP contribution in [0.2, 0.25) is 0 Å². The summed E-state index contributed by atoms with van der Waals surface area (Å²) in [6, 6.07) is 18.1. The van der Waals surface area contributed by atoms with Gasteiger partial charge in [-0.25, -0.2) is 19.6 Å². The molecule has 0 unspecified atom stereocenters. The van der Waals surface area contributed by atoms with E-state index in [-0.39, 0.29) is 22.9 Å². The fraction of sp³-hybridized carbons (Fsp3) is 0.450. The molecule has 0 aliphatic carbocycles. The van der Waals surface area contributed by atoms with Crippen molar-refractivity contribution in [2.45, 2.75) is 106 Å². The number of alkyl carbamates (subject to hydrolysis) is 2. The predicted octanol–water partition coefficient (Wildman–Crippen LogP) is 10.00. The average Bonchev–Trinajstić information content (AvgIpc) is 3.63. The van der Waals surface area contributed by atoms with E-state index in [1.807, 2.05) is 47.6 Å². The molecule has 2 amide bonds. The largest absolute Gasteiger partial charge is 0.444 e. The zero-order valence-electron chi connectivity index (χ0n) is 31.5. The molecule has 2 heterocycles. The van der Waals surface area contributed by atoms with Crippen LogP contribution in [0.1, 0.15) is 107 Å². The first-order chi connectivity index (χ1) is 23.1. The first-order valence-electron chi connectivity index (χ1n) is 17.1. The number of fused-ring (bicyclic) bond motifs is 3. The van der Waals surface area contributed by atoms with Crippen molar-refractivity contribution in [3.63, 3.8) is 0 Å². The van der Waals surface area contributed by atoms with Crippen molar-refractivity contribution in [3.8, 4) is 22.4 Å². The van der Waals surface area contributed by atoms with Crippen LogP contribution in [-0.4, -0.2) is 43.3 Å². The van der Waals surface area contributed by atoms with Gasteiger partial charge in [-0.3, -0.25) is 0 Å². The van der Waals surface area contributed by atoms with Gasteiger partial charge in [0.25, 0.3) is 0 Å². The SMILES string of the molecule is CC(C)(C)OC(=O)N[C@H](c1ncc(-c2ccc(-c3ccc4c(ccc5nc([C@@H](NC(=O)OC(C)(C)C)C(C)(C)C)[nH]c54)c3)cc2)[nH]1)C(C)(C)C. The quantitative estimate of drug-likeness (QED) is 0.141. The van der Waals surface area contributed by atoms with E-state index in [9.17, 15) is 9.59 Å². The Kier molecular flexibility index (Phi) is 9.55. The summed E-state index contributed by atoms with van der Waals surface area (Å²) in [5.41, 5.74) is 3.94. The lowest BCUT2D eigenvalue weighted by Crippen LogP contribution is -2.40. The maximum absolute atomic E-state index is 12.7. The molecule has 266 valence electrons. The van der Waals surface area contributed by atoms with Gasteiger partial charge < -0.3 is 30.1 Å². The molecule has 0 aliphatic rings. The molecule has 2 aromatic heterocycles. The van der Waals surface area contributed by atoms with Gasteiger partial charge in [-0.2, -0.15) is 0 Å². The molecule has 0 spiro atoms. The second-order valence-corrected chi connectivity index (χ2v) is 17.2. The summed E-state index contributed by atoms with van der Waals surface area (Å²) in [7, 11) is 0. The number of rotatable bonds is 6. The number of amides is 2. The lowest BCUT2D eigenvalue weighted by atomic mass is 9.86. The number of imidazole rings is 2. The van der Waals surface area contributed by atoms with Gasteiger partial charge in [0.2, 0.25) is 0 Å². The zero-order chi connectivity index (χ0) is 36.8. The number of nitrogens with one attached hydrogen (secondary N) is 4. The average molecular weight is 681 g/mol. The Morgan fingerprint density at radius 1 is 0.640 bits per heavy atom. The van der Waals surface area contributed by atoms with E-state index in [1.165, 1.54) is 0 Å². The number of H-pyrrole nitrogens is 2. The third-order valence-electron chi connectivity index (χ3n) is 8.22. The first-order valence-corrected chi connectivity index (χ1v) is 17.1. The van der Waals surface area contributed by atoms with Crippen molar-refractivity contribution in [2.75, 3.05) is 0 Å². The van der Waals surface area contributed by atoms with Crippen LogP contribution >= 0.6 is 0 Å². The normalized spacial score (nSPS) is 14.0. The molecule has 10 nitrogen and oxygen atoms in total. The Morgan fingerprint density at radius 3 is 1.70 bits per heavy atom. The Bertz CT molecular complexity index is 2000. The number of ether oxygens (including phenoxy) is 2. The summed E-state index contributed by atoms with van der Waals surface area (Å²) in [6.45, 7) is 23.4. The second kappa shape index (κ2) is 13.1. The lowest BCUT2D eigenvalue weighted by molar-refractivity contribution is 0.0448. The summed E-state index contributed by atoms with van der Waals surface area (Å²) >= 11 is 0. The number of carbonyl (C=O) groups is 2. The van der Waals surface area contributed by atoms with Crippen molar-refractivity contribution in [3.05, 3.63) is 72.4 Å². The van der Waals surface area contributed by atoms with Gasteiger partial charge in [0.15, 0.2) is 0 Å². The van der Waals surface area contributed by atoms with Crippen LogP contribution in [0.4, 0.5) is 9.59 Å². The van der Waals surface area contributed by atoms with Crippen molar-refractivity contribution < 1.29 is 19.1 Å². The van der Waals surface area contributed by atoms with Gasteiger partial charge in [0.1, 0.15) is 22.9 Å². The summed E-state index contributed by atoms with van der Waals surface area (Å²) in [5, 5.41) is 8.15. The number of nitrogens with zero attached hydrogens (tertiary/aromatic N) is 2. The number of aromatic amines is 2. The Hall–Kier alpha value is -4.86. The van der Waals surface area contributed by atoms with E-state index in [0.29, 0.717) is 11.6 Å². The molecule has 4 N–H and O–H groups in total. The molecule has 2 atom stereocenters. The number of hydrogen-bond donors (Lipinski definition) is 4. The number of benzene rings is 3. The third kappa shape index (κ3) is 8.64. The van der Waals surface area contributed by atoms with E-state index >= 15 is 0 Å². The molecule has 50 heavy (non-hydrogen) atoms. The number of carbonyl (C=O) groups excluding carboxylic acids is 2. The first kappa shape index (κ1) is 36.4. The van der Waals surface area contributed by atoms with Crippen LogP contribution in [0.15, 0.2) is 60.8 Å². The molecule has 0 saturated heterocycles. The molecule has 0 radical (unpaired) electrons. The molecule has 0 aliphatic heterocycles. The smallest absolute Gasteiger partial charge is 0.408 e. The highest BCUT2D eigenvalue weighted by molar-refractivity contribution is 6.05. The van der Waals surface area contributed by atoms with Gasteiger partial charge in [0, 0.05) is 5.39 Å². The van der Waals surface area contributed by atoms with Crippen molar-refractivity contribution in [1.29, 1.82) is 0 Å². The number of hydrogen-bond acceptors (Lipinski definition) is 6. The minimum atomic E-state index is -0.602. The summed E-state index contributed by atoms with van der Waals surface area (Å²) in [6.07, 6.45) is 0.844. The second-order valence-electron chi connectivity index (χ2n) is 17.2. The van der Waals surface area contributed by atoms with Gasteiger partial charge in [-0.15, -0.1) is 0 Å². The van der Waals surface area contributed by atoms with E-state index in [0.717, 1.165) is 44.2 Å². The Balaban J connectivity index is 1.38. The highest BCUT2D eigenvalue weighted by Crippen LogP contribution is 2.36. The van der Waals surface area contributed by atoms with Gasteiger partial charge in [-0.1, -0.05) is 84.0 Å². The topological polar surface area (TPSA) is 134 Å². The van der Waals surface area contributed by atoms with Crippen LogP contribution in [0.3, 0.4) is 0 Å². The van der Waals surface area contributed by atoms with Crippen LogP contribution in [0.25, 0.3) is 44.2 Å². The van der Waals surface area contributed by atoms with E-state index < -0.39 is 23.4 Å². The van der Waals surface area contributed by atoms with Gasteiger partial charge in [0.05, 0.1) is 35.0 Å². The summed E-state index contributed by atoms with van der Waals surface area (Å²) in [4.78, 5) is 41.8. The van der Waals surface area contributed by atoms with Crippen molar-refractivity contribution in [1.82, 2.24) is 30.6 Å². The maximum Gasteiger partial charge on any atom is 0.408 e. The lowest BCUT2D eigenvalue weighted by Gasteiger charge is -2.31. The van der Waals surface area contributed by atoms with E-state index in [2.05, 4.69) is 116 Å². The highest BCUT2D eigenvalue weighted by Gasteiger charge is 2.33.